The zero-order valence-corrected chi connectivity index (χ0v) is 14.2. The topological polar surface area (TPSA) is 41.6 Å². The Balaban J connectivity index is 1.83. The number of halogens is 4. The van der Waals surface area contributed by atoms with Crippen molar-refractivity contribution in [3.63, 3.8) is 0 Å². The lowest BCUT2D eigenvalue weighted by Crippen LogP contribution is -2.54. The van der Waals surface area contributed by atoms with E-state index in [1.54, 1.807) is 0 Å². The smallest absolute Gasteiger partial charge is 0.359 e. The molecule has 1 atom stereocenters. The Labute approximate surface area is 148 Å². The third-order valence-electron chi connectivity index (χ3n) is 5.02. The molecule has 0 unspecified atom stereocenters. The summed E-state index contributed by atoms with van der Waals surface area (Å²) in [4.78, 5) is 13.7. The Morgan fingerprint density at radius 3 is 2.60 bits per heavy atom. The Kier molecular flexibility index (Phi) is 3.92. The van der Waals surface area contributed by atoms with Gasteiger partial charge in [0, 0.05) is 22.3 Å². The fourth-order valence-corrected chi connectivity index (χ4v) is 3.39. The monoisotopic (exact) mass is 374 g/mol. The maximum absolute atomic E-state index is 14.3. The van der Waals surface area contributed by atoms with Crippen LogP contribution in [0.1, 0.15) is 31.2 Å². The first-order valence-corrected chi connectivity index (χ1v) is 8.76. The quantitative estimate of drug-likeness (QED) is 0.841. The van der Waals surface area contributed by atoms with Crippen molar-refractivity contribution in [3.05, 3.63) is 28.8 Å². The maximum Gasteiger partial charge on any atom is 0.423 e. The Morgan fingerprint density at radius 1 is 1.28 bits per heavy atom. The van der Waals surface area contributed by atoms with Crippen molar-refractivity contribution < 1.29 is 22.7 Å². The number of carbonyl (C=O) groups is 1. The largest absolute Gasteiger partial charge is 0.423 e. The van der Waals surface area contributed by atoms with Gasteiger partial charge in [-0.05, 0) is 49.8 Å². The summed E-state index contributed by atoms with van der Waals surface area (Å²) in [5.41, 5.74) is -2.59. The predicted molar refractivity (Wildman–Crippen MR) is 86.6 cm³/mol. The average molecular weight is 375 g/mol. The van der Waals surface area contributed by atoms with Gasteiger partial charge in [0.1, 0.15) is 0 Å². The van der Waals surface area contributed by atoms with Crippen LogP contribution in [-0.4, -0.2) is 36.3 Å². The van der Waals surface area contributed by atoms with Crippen LogP contribution in [0.2, 0.25) is 5.02 Å². The molecule has 136 valence electrons. The first kappa shape index (κ1) is 17.0. The zero-order chi connectivity index (χ0) is 17.8. The lowest BCUT2D eigenvalue weighted by molar-refractivity contribution is -0.288. The first-order valence-electron chi connectivity index (χ1n) is 8.38. The van der Waals surface area contributed by atoms with Crippen molar-refractivity contribution in [1.82, 2.24) is 4.90 Å². The number of anilines is 1. The number of ether oxygens (including phenoxy) is 1. The molecule has 25 heavy (non-hydrogen) atoms. The van der Waals surface area contributed by atoms with E-state index in [1.165, 1.54) is 23.1 Å². The maximum atomic E-state index is 14.3. The van der Waals surface area contributed by atoms with Gasteiger partial charge in [-0.1, -0.05) is 11.6 Å². The van der Waals surface area contributed by atoms with Gasteiger partial charge in [0.2, 0.25) is 5.60 Å². The number of carbonyl (C=O) groups excluding carboxylic acids is 1. The molecule has 1 aromatic rings. The summed E-state index contributed by atoms with van der Waals surface area (Å²) < 4.78 is 48.5. The highest BCUT2D eigenvalue weighted by molar-refractivity contribution is 6.30. The van der Waals surface area contributed by atoms with Gasteiger partial charge in [-0.15, -0.1) is 0 Å². The number of nitrogens with one attached hydrogen (secondary N) is 1. The molecule has 2 fully saturated rings. The van der Waals surface area contributed by atoms with Crippen LogP contribution in [0.4, 0.5) is 23.7 Å². The third-order valence-corrected chi connectivity index (χ3v) is 5.26. The number of rotatable bonds is 4. The molecule has 2 saturated carbocycles. The minimum Gasteiger partial charge on any atom is -0.359 e. The predicted octanol–water partition coefficient (Wildman–Crippen LogP) is 4.53. The Hall–Kier alpha value is -1.47. The molecular weight excluding hydrogens is 357 g/mol. The summed E-state index contributed by atoms with van der Waals surface area (Å²) in [7, 11) is 0. The fraction of sp³-hybridized carbons (Fsp3) is 0.588. The second-order valence-electron chi connectivity index (χ2n) is 7.06. The van der Waals surface area contributed by atoms with E-state index in [4.69, 9.17) is 16.3 Å². The van der Waals surface area contributed by atoms with Crippen LogP contribution in [-0.2, 0) is 10.3 Å². The minimum atomic E-state index is -4.68. The van der Waals surface area contributed by atoms with E-state index < -0.39 is 24.4 Å². The lowest BCUT2D eigenvalue weighted by Gasteiger charge is -2.38. The van der Waals surface area contributed by atoms with Gasteiger partial charge in [-0.3, -0.25) is 0 Å². The van der Waals surface area contributed by atoms with E-state index in [9.17, 15) is 18.0 Å². The normalized spacial score (nSPS) is 26.9. The number of amides is 2. The Morgan fingerprint density at radius 2 is 2.00 bits per heavy atom. The van der Waals surface area contributed by atoms with Crippen LogP contribution in [0.15, 0.2) is 18.2 Å². The highest BCUT2D eigenvalue weighted by atomic mass is 35.5. The molecule has 8 heteroatoms. The van der Waals surface area contributed by atoms with E-state index in [0.717, 1.165) is 12.8 Å². The molecular formula is C17H18ClF3N2O2. The van der Waals surface area contributed by atoms with E-state index in [0.29, 0.717) is 12.8 Å². The van der Waals surface area contributed by atoms with Crippen LogP contribution in [0, 0.1) is 5.92 Å². The van der Waals surface area contributed by atoms with Crippen molar-refractivity contribution >= 4 is 23.3 Å². The van der Waals surface area contributed by atoms with Gasteiger partial charge in [-0.2, -0.15) is 13.2 Å². The van der Waals surface area contributed by atoms with Crippen LogP contribution < -0.4 is 5.32 Å². The van der Waals surface area contributed by atoms with Crippen LogP contribution in [0.3, 0.4) is 0 Å². The van der Waals surface area contributed by atoms with Crippen molar-refractivity contribution in [1.29, 1.82) is 0 Å². The number of fused-ring (bicyclic) bond motifs is 1. The minimum absolute atomic E-state index is 0.0260. The van der Waals surface area contributed by atoms with E-state index in [-0.39, 0.29) is 34.8 Å². The second-order valence-corrected chi connectivity index (χ2v) is 7.49. The summed E-state index contributed by atoms with van der Waals surface area (Å²) in [6.45, 7) is -0.523. The molecule has 2 amide bonds. The van der Waals surface area contributed by atoms with Crippen LogP contribution >= 0.6 is 11.6 Å². The van der Waals surface area contributed by atoms with Gasteiger partial charge in [0.25, 0.3) is 0 Å². The standard InChI is InChI=1S/C17H18ClF3N2O2/c18-11-3-6-14-13(7-11)16(17(19,20)21,25-8-10-1-2-10)9-23(12-4-5-12)15(24)22-14/h3,6-7,10,12H,1-2,4-5,8-9H2,(H,22,24)/t16-/m0/s1. The number of urea groups is 1. The number of benzene rings is 1. The summed E-state index contributed by atoms with van der Waals surface area (Å²) in [5, 5.41) is 2.78. The summed E-state index contributed by atoms with van der Waals surface area (Å²) >= 11 is 5.98. The number of hydrogen-bond donors (Lipinski definition) is 1. The number of nitrogens with zero attached hydrogens (tertiary/aromatic N) is 1. The van der Waals surface area contributed by atoms with Crippen LogP contribution in [0.5, 0.6) is 0 Å². The highest BCUT2D eigenvalue weighted by Gasteiger charge is 2.62. The van der Waals surface area contributed by atoms with Gasteiger partial charge in [0.05, 0.1) is 13.2 Å². The lowest BCUT2D eigenvalue weighted by atomic mass is 9.90. The van der Waals surface area contributed by atoms with E-state index >= 15 is 0 Å². The molecule has 0 saturated heterocycles. The van der Waals surface area contributed by atoms with Gasteiger partial charge >= 0.3 is 12.2 Å². The van der Waals surface area contributed by atoms with Gasteiger partial charge in [-0.25, -0.2) is 4.79 Å². The molecule has 0 radical (unpaired) electrons. The molecule has 4 rings (SSSR count). The van der Waals surface area contributed by atoms with Gasteiger partial charge in [0.15, 0.2) is 0 Å². The highest BCUT2D eigenvalue weighted by Crippen LogP contribution is 2.50. The molecule has 0 spiro atoms. The first-order chi connectivity index (χ1) is 11.8. The fourth-order valence-electron chi connectivity index (χ4n) is 3.22. The van der Waals surface area contributed by atoms with E-state index in [2.05, 4.69) is 5.32 Å². The van der Waals surface area contributed by atoms with Crippen molar-refractivity contribution in [2.75, 3.05) is 18.5 Å². The van der Waals surface area contributed by atoms with Gasteiger partial charge < -0.3 is 15.0 Å². The molecule has 0 bridgehead atoms. The molecule has 1 N–H and O–H groups in total. The summed E-state index contributed by atoms with van der Waals surface area (Å²) in [6.07, 6.45) is -1.51. The van der Waals surface area contributed by atoms with Crippen LogP contribution in [0.25, 0.3) is 0 Å². The summed E-state index contributed by atoms with van der Waals surface area (Å²) in [5.74, 6) is 0.156. The molecule has 2 aliphatic carbocycles. The van der Waals surface area contributed by atoms with Crippen molar-refractivity contribution in [3.8, 4) is 0 Å². The molecule has 1 heterocycles. The van der Waals surface area contributed by atoms with E-state index in [1.807, 2.05) is 0 Å². The summed E-state index contributed by atoms with van der Waals surface area (Å²) in [6, 6.07) is 3.44. The molecule has 1 aromatic carbocycles. The molecule has 1 aliphatic heterocycles. The molecule has 4 nitrogen and oxygen atoms in total. The number of hydrogen-bond acceptors (Lipinski definition) is 2. The Bertz CT molecular complexity index is 704. The zero-order valence-electron chi connectivity index (χ0n) is 13.4. The molecule has 3 aliphatic rings. The SMILES string of the molecule is O=C1Nc2ccc(Cl)cc2[C@](OCC2CC2)(C(F)(F)F)CN1C1CC1. The number of alkyl halides is 3. The second kappa shape index (κ2) is 5.77. The van der Waals surface area contributed by atoms with Crippen molar-refractivity contribution in [2.45, 2.75) is 43.5 Å². The third kappa shape index (κ3) is 3.08. The molecule has 0 aromatic heterocycles. The van der Waals surface area contributed by atoms with Crippen molar-refractivity contribution in [2.24, 2.45) is 5.92 Å². The average Bonchev–Trinajstić information content (AvgIpc) is 3.40.